The van der Waals surface area contributed by atoms with Crippen molar-refractivity contribution < 1.29 is 24.2 Å². The standard InChI is InChI=1S/C28H42N2O5S/c1-20(2)27-28(36-24-17-21(3)16-22(4)18-24)30(23(5)29-27)19-34-14-15-35-26(33)13-11-9-7-6-8-10-12-25(31)32/h16-18,20H,6-15,19H2,1-5H3,(H,31,32). The third kappa shape index (κ3) is 10.7. The maximum atomic E-state index is 12.0. The van der Waals surface area contributed by atoms with Crippen molar-refractivity contribution >= 4 is 23.7 Å². The molecule has 7 nitrogen and oxygen atoms in total. The molecule has 1 heterocycles. The van der Waals surface area contributed by atoms with Crippen LogP contribution in [0.1, 0.15) is 93.8 Å². The summed E-state index contributed by atoms with van der Waals surface area (Å²) in [4.78, 5) is 28.4. The average Bonchev–Trinajstić information content (AvgIpc) is 3.09. The molecule has 0 atom stereocenters. The topological polar surface area (TPSA) is 90.7 Å². The van der Waals surface area contributed by atoms with Gasteiger partial charge in [0.05, 0.1) is 12.3 Å². The lowest BCUT2D eigenvalue weighted by Crippen LogP contribution is -2.13. The highest BCUT2D eigenvalue weighted by molar-refractivity contribution is 7.99. The lowest BCUT2D eigenvalue weighted by Gasteiger charge is -2.14. The Labute approximate surface area is 220 Å². The first-order valence-corrected chi connectivity index (χ1v) is 13.8. The minimum atomic E-state index is -0.737. The maximum absolute atomic E-state index is 12.0. The lowest BCUT2D eigenvalue weighted by atomic mass is 10.1. The molecule has 200 valence electrons. The summed E-state index contributed by atoms with van der Waals surface area (Å²) < 4.78 is 13.3. The first-order chi connectivity index (χ1) is 17.2. The van der Waals surface area contributed by atoms with Crippen LogP contribution in [0.3, 0.4) is 0 Å². The Hall–Kier alpha value is -2.32. The smallest absolute Gasteiger partial charge is 0.305 e. The Morgan fingerprint density at radius 1 is 0.944 bits per heavy atom. The van der Waals surface area contributed by atoms with E-state index < -0.39 is 5.97 Å². The van der Waals surface area contributed by atoms with Crippen molar-refractivity contribution in [2.75, 3.05) is 13.2 Å². The van der Waals surface area contributed by atoms with Crippen LogP contribution in [-0.2, 0) is 25.8 Å². The van der Waals surface area contributed by atoms with Crippen LogP contribution >= 0.6 is 11.8 Å². The van der Waals surface area contributed by atoms with E-state index in [1.165, 1.54) is 16.0 Å². The molecule has 0 aliphatic rings. The summed E-state index contributed by atoms with van der Waals surface area (Å²) in [7, 11) is 0. The zero-order valence-corrected chi connectivity index (χ0v) is 23.3. The van der Waals surface area contributed by atoms with Gasteiger partial charge in [-0.3, -0.25) is 14.2 Å². The zero-order valence-electron chi connectivity index (χ0n) is 22.5. The average molecular weight is 519 g/mol. The predicted molar refractivity (Wildman–Crippen MR) is 143 cm³/mol. The Balaban J connectivity index is 1.74. The number of aromatic nitrogens is 2. The van der Waals surface area contributed by atoms with Crippen LogP contribution in [0.4, 0.5) is 0 Å². The van der Waals surface area contributed by atoms with Crippen molar-refractivity contribution in [3.05, 3.63) is 40.8 Å². The number of aryl methyl sites for hydroxylation is 3. The molecule has 0 aliphatic carbocycles. The second kappa shape index (κ2) is 15.7. The van der Waals surface area contributed by atoms with Crippen molar-refractivity contribution in [3.63, 3.8) is 0 Å². The molecule has 0 unspecified atom stereocenters. The highest BCUT2D eigenvalue weighted by Crippen LogP contribution is 2.35. The van der Waals surface area contributed by atoms with Gasteiger partial charge in [0.2, 0.25) is 0 Å². The van der Waals surface area contributed by atoms with Gasteiger partial charge in [0.15, 0.2) is 0 Å². The molecule has 2 aromatic rings. The second-order valence-electron chi connectivity index (χ2n) is 9.63. The number of carboxylic acids is 1. The fourth-order valence-electron chi connectivity index (χ4n) is 4.00. The Bertz CT molecular complexity index is 966. The minimum absolute atomic E-state index is 0.198. The number of rotatable bonds is 17. The van der Waals surface area contributed by atoms with E-state index in [9.17, 15) is 9.59 Å². The predicted octanol–water partition coefficient (Wildman–Crippen LogP) is 6.81. The monoisotopic (exact) mass is 518 g/mol. The van der Waals surface area contributed by atoms with Gasteiger partial charge < -0.3 is 14.6 Å². The van der Waals surface area contributed by atoms with E-state index in [-0.39, 0.29) is 19.0 Å². The van der Waals surface area contributed by atoms with E-state index in [1.807, 2.05) is 6.92 Å². The number of esters is 1. The molecule has 1 N–H and O–H groups in total. The number of hydrogen-bond donors (Lipinski definition) is 1. The number of imidazole rings is 1. The number of ether oxygens (including phenoxy) is 2. The van der Waals surface area contributed by atoms with Gasteiger partial charge in [-0.15, -0.1) is 0 Å². The van der Waals surface area contributed by atoms with Crippen LogP contribution in [0.15, 0.2) is 28.1 Å². The van der Waals surface area contributed by atoms with Crippen molar-refractivity contribution in [2.24, 2.45) is 0 Å². The van der Waals surface area contributed by atoms with E-state index in [1.54, 1.807) is 11.8 Å². The number of carbonyl (C=O) groups excluding carboxylic acids is 1. The Morgan fingerprint density at radius 3 is 2.17 bits per heavy atom. The van der Waals surface area contributed by atoms with Crippen LogP contribution in [0, 0.1) is 20.8 Å². The van der Waals surface area contributed by atoms with Crippen molar-refractivity contribution in [1.29, 1.82) is 0 Å². The SMILES string of the molecule is Cc1cc(C)cc(Sc2c(C(C)C)nc(C)n2COCCOC(=O)CCCCCCCCC(=O)O)c1. The fraction of sp³-hybridized carbons (Fsp3) is 0.607. The molecular formula is C28H42N2O5S. The molecule has 1 aromatic heterocycles. The van der Waals surface area contributed by atoms with Gasteiger partial charge in [0.25, 0.3) is 0 Å². The Kier molecular flexibility index (Phi) is 13.1. The third-order valence-corrected chi connectivity index (χ3v) is 6.92. The normalized spacial score (nSPS) is 11.3. The first kappa shape index (κ1) is 29.9. The number of hydrogen-bond acceptors (Lipinski definition) is 6. The molecule has 1 aromatic carbocycles. The summed E-state index contributed by atoms with van der Waals surface area (Å²) in [5, 5.41) is 9.72. The van der Waals surface area contributed by atoms with E-state index in [2.05, 4.69) is 50.5 Å². The fourth-order valence-corrected chi connectivity index (χ4v) is 5.40. The summed E-state index contributed by atoms with van der Waals surface area (Å²) in [6, 6.07) is 6.55. The largest absolute Gasteiger partial charge is 0.481 e. The molecule has 2 rings (SSSR count). The van der Waals surface area contributed by atoms with Crippen LogP contribution < -0.4 is 0 Å². The third-order valence-electron chi connectivity index (χ3n) is 5.83. The number of unbranched alkanes of at least 4 members (excludes halogenated alkanes) is 5. The van der Waals surface area contributed by atoms with E-state index in [4.69, 9.17) is 19.6 Å². The van der Waals surface area contributed by atoms with E-state index in [0.29, 0.717) is 25.7 Å². The van der Waals surface area contributed by atoms with E-state index in [0.717, 1.165) is 55.1 Å². The van der Waals surface area contributed by atoms with Crippen LogP contribution in [0.2, 0.25) is 0 Å². The van der Waals surface area contributed by atoms with Crippen molar-refractivity contribution in [2.45, 2.75) is 109 Å². The van der Waals surface area contributed by atoms with Crippen molar-refractivity contribution in [3.8, 4) is 0 Å². The molecular weight excluding hydrogens is 476 g/mol. The number of benzene rings is 1. The molecule has 0 radical (unpaired) electrons. The molecule has 0 bridgehead atoms. The zero-order chi connectivity index (χ0) is 26.5. The number of aliphatic carboxylic acids is 1. The van der Waals surface area contributed by atoms with E-state index >= 15 is 0 Å². The highest BCUT2D eigenvalue weighted by atomic mass is 32.2. The van der Waals surface area contributed by atoms with Crippen molar-refractivity contribution in [1.82, 2.24) is 9.55 Å². The van der Waals surface area contributed by atoms with Gasteiger partial charge in [-0.1, -0.05) is 57.4 Å². The lowest BCUT2D eigenvalue weighted by molar-refractivity contribution is -0.145. The Morgan fingerprint density at radius 2 is 1.56 bits per heavy atom. The molecule has 0 spiro atoms. The summed E-state index contributed by atoms with van der Waals surface area (Å²) in [6.07, 6.45) is 6.06. The molecule has 36 heavy (non-hydrogen) atoms. The minimum Gasteiger partial charge on any atom is -0.481 e. The van der Waals surface area contributed by atoms with Gasteiger partial charge in [-0.2, -0.15) is 0 Å². The first-order valence-electron chi connectivity index (χ1n) is 13.0. The number of carboxylic acid groups (broad SMARTS) is 1. The van der Waals surface area contributed by atoms with Crippen LogP contribution in [-0.4, -0.2) is 39.8 Å². The quantitative estimate of drug-likeness (QED) is 0.182. The van der Waals surface area contributed by atoms with Gasteiger partial charge >= 0.3 is 11.9 Å². The van der Waals surface area contributed by atoms with Gasteiger partial charge in [0.1, 0.15) is 24.2 Å². The summed E-state index contributed by atoms with van der Waals surface area (Å²) in [6.45, 7) is 11.4. The summed E-state index contributed by atoms with van der Waals surface area (Å²) >= 11 is 1.71. The molecule has 0 saturated carbocycles. The molecule has 0 saturated heterocycles. The van der Waals surface area contributed by atoms with Gasteiger partial charge in [-0.05, 0) is 62.8 Å². The highest BCUT2D eigenvalue weighted by Gasteiger charge is 2.19. The number of carbonyl (C=O) groups is 2. The maximum Gasteiger partial charge on any atom is 0.305 e. The van der Waals surface area contributed by atoms with Crippen LogP contribution in [0.5, 0.6) is 0 Å². The summed E-state index contributed by atoms with van der Waals surface area (Å²) in [5.74, 6) is 0.268. The van der Waals surface area contributed by atoms with Gasteiger partial charge in [0, 0.05) is 17.7 Å². The molecule has 8 heteroatoms. The summed E-state index contributed by atoms with van der Waals surface area (Å²) in [5.41, 5.74) is 3.54. The van der Waals surface area contributed by atoms with Gasteiger partial charge in [-0.25, -0.2) is 4.98 Å². The molecule has 0 fully saturated rings. The number of nitrogens with zero attached hydrogens (tertiary/aromatic N) is 2. The second-order valence-corrected chi connectivity index (χ2v) is 10.7. The van der Waals surface area contributed by atoms with Crippen LogP contribution in [0.25, 0.3) is 0 Å². The molecule has 0 aliphatic heterocycles. The molecule has 0 amide bonds.